The first kappa shape index (κ1) is 24.3. The maximum absolute atomic E-state index is 13.0. The third kappa shape index (κ3) is 4.33. The number of benzene rings is 3. The second-order valence-electron chi connectivity index (χ2n) is 8.98. The molecule has 0 radical (unpaired) electrons. The van der Waals surface area contributed by atoms with E-state index < -0.39 is 11.3 Å². The van der Waals surface area contributed by atoms with Gasteiger partial charge in [0.2, 0.25) is 0 Å². The minimum absolute atomic E-state index is 0.285. The van der Waals surface area contributed by atoms with Crippen LogP contribution in [0, 0.1) is 0 Å². The van der Waals surface area contributed by atoms with E-state index in [9.17, 15) is 9.59 Å². The highest BCUT2D eigenvalue weighted by Gasteiger charge is 2.24. The minimum Gasteiger partial charge on any atom is -0.493 e. The van der Waals surface area contributed by atoms with E-state index in [4.69, 9.17) is 23.0 Å². The Hall–Kier alpha value is -4.08. The number of ether oxygens (including phenoxy) is 3. The highest BCUT2D eigenvalue weighted by atomic mass is 79.9. The van der Waals surface area contributed by atoms with Crippen LogP contribution in [0.3, 0.4) is 0 Å². The topological polar surface area (TPSA) is 91.4 Å². The second kappa shape index (κ2) is 9.66. The number of hydrogen-bond acceptors (Lipinski definition) is 8. The Balaban J connectivity index is 1.42. The summed E-state index contributed by atoms with van der Waals surface area (Å²) >= 11 is 3.45. The second-order valence-corrected chi connectivity index (χ2v) is 9.89. The molecule has 6 rings (SSSR count). The number of methoxy groups -OCH3 is 2. The molecule has 0 saturated heterocycles. The van der Waals surface area contributed by atoms with Gasteiger partial charge < -0.3 is 23.0 Å². The monoisotopic (exact) mass is 575 g/mol. The summed E-state index contributed by atoms with van der Waals surface area (Å²) in [6.07, 6.45) is 0. The molecule has 0 aliphatic carbocycles. The number of halogens is 1. The molecule has 0 bridgehead atoms. The van der Waals surface area contributed by atoms with Gasteiger partial charge in [-0.25, -0.2) is 9.59 Å². The van der Waals surface area contributed by atoms with E-state index in [0.29, 0.717) is 59.2 Å². The summed E-state index contributed by atoms with van der Waals surface area (Å²) in [5, 5.41) is 1.36. The van der Waals surface area contributed by atoms with Crippen molar-refractivity contribution in [1.82, 2.24) is 4.90 Å². The lowest BCUT2D eigenvalue weighted by molar-refractivity contribution is 0.0889. The molecule has 38 heavy (non-hydrogen) atoms. The van der Waals surface area contributed by atoms with Gasteiger partial charge in [-0.1, -0.05) is 22.0 Å². The van der Waals surface area contributed by atoms with E-state index in [1.165, 1.54) is 6.07 Å². The van der Waals surface area contributed by atoms with Crippen LogP contribution in [0.25, 0.3) is 33.1 Å². The number of rotatable bonds is 5. The number of nitrogens with zero attached hydrogens (tertiary/aromatic N) is 1. The van der Waals surface area contributed by atoms with Crippen molar-refractivity contribution in [3.63, 3.8) is 0 Å². The van der Waals surface area contributed by atoms with Crippen molar-refractivity contribution in [2.45, 2.75) is 13.1 Å². The van der Waals surface area contributed by atoms with Gasteiger partial charge in [-0.2, -0.15) is 0 Å². The fourth-order valence-corrected chi connectivity index (χ4v) is 5.20. The van der Waals surface area contributed by atoms with E-state index in [2.05, 4.69) is 20.8 Å². The summed E-state index contributed by atoms with van der Waals surface area (Å²) in [4.78, 5) is 27.7. The van der Waals surface area contributed by atoms with Crippen LogP contribution in [-0.2, 0) is 13.1 Å². The zero-order chi connectivity index (χ0) is 26.4. The highest BCUT2D eigenvalue weighted by molar-refractivity contribution is 9.10. The van der Waals surface area contributed by atoms with Gasteiger partial charge >= 0.3 is 11.3 Å². The standard InChI is InChI=1S/C29H22BrNO7/c1-34-25-6-3-16(9-26(25)35-2)13-31-14-22-24(36-15-31)8-5-19-20(12-27(32)38-28(19)22)21-11-17-10-18(30)4-7-23(17)37-29(21)33/h3-12H,13-15H2,1-2H3. The van der Waals surface area contributed by atoms with Gasteiger partial charge in [-0.05, 0) is 54.1 Å². The Kier molecular flexibility index (Phi) is 6.17. The molecule has 0 fully saturated rings. The Morgan fingerprint density at radius 2 is 1.74 bits per heavy atom. The lowest BCUT2D eigenvalue weighted by Gasteiger charge is -2.29. The zero-order valence-corrected chi connectivity index (χ0v) is 22.2. The van der Waals surface area contributed by atoms with Crippen molar-refractivity contribution < 1.29 is 23.0 Å². The predicted molar refractivity (Wildman–Crippen MR) is 146 cm³/mol. The quantitative estimate of drug-likeness (QED) is 0.246. The molecule has 2 aromatic heterocycles. The average molecular weight is 576 g/mol. The Morgan fingerprint density at radius 3 is 2.55 bits per heavy atom. The molecule has 0 saturated carbocycles. The van der Waals surface area contributed by atoms with Gasteiger partial charge in [0.25, 0.3) is 0 Å². The molecule has 8 nitrogen and oxygen atoms in total. The summed E-state index contributed by atoms with van der Waals surface area (Å²) in [6.45, 7) is 1.41. The van der Waals surface area contributed by atoms with Crippen LogP contribution in [0.1, 0.15) is 11.1 Å². The highest BCUT2D eigenvalue weighted by Crippen LogP contribution is 2.37. The van der Waals surface area contributed by atoms with Gasteiger partial charge in [0.15, 0.2) is 11.5 Å². The van der Waals surface area contributed by atoms with Gasteiger partial charge in [-0.3, -0.25) is 4.90 Å². The number of hydrogen-bond donors (Lipinski definition) is 0. The van der Waals surface area contributed by atoms with Crippen molar-refractivity contribution >= 4 is 37.9 Å². The molecule has 1 aliphatic heterocycles. The van der Waals surface area contributed by atoms with Gasteiger partial charge in [0, 0.05) is 40.0 Å². The van der Waals surface area contributed by atoms with Crippen molar-refractivity contribution in [2.24, 2.45) is 0 Å². The summed E-state index contributed by atoms with van der Waals surface area (Å²) in [6, 6.07) is 17.9. The first-order chi connectivity index (χ1) is 18.4. The lowest BCUT2D eigenvalue weighted by atomic mass is 9.99. The SMILES string of the molecule is COc1ccc(CN2COc3ccc4c(-c5cc6cc(Br)ccc6oc5=O)cc(=O)oc4c3C2)cc1OC. The van der Waals surface area contributed by atoms with Gasteiger partial charge in [0.1, 0.15) is 23.6 Å². The Morgan fingerprint density at radius 1 is 0.895 bits per heavy atom. The Labute approximate surface area is 225 Å². The van der Waals surface area contributed by atoms with Gasteiger partial charge in [0.05, 0.1) is 25.3 Å². The van der Waals surface area contributed by atoms with Crippen LogP contribution in [0.15, 0.2) is 83.6 Å². The predicted octanol–water partition coefficient (Wildman–Crippen LogP) is 5.70. The molecule has 192 valence electrons. The van der Waals surface area contributed by atoms with Crippen LogP contribution in [-0.4, -0.2) is 25.9 Å². The van der Waals surface area contributed by atoms with Gasteiger partial charge in [-0.15, -0.1) is 0 Å². The molecule has 0 amide bonds. The third-order valence-electron chi connectivity index (χ3n) is 6.60. The molecule has 0 unspecified atom stereocenters. The van der Waals surface area contributed by atoms with Crippen molar-refractivity contribution in [3.8, 4) is 28.4 Å². The van der Waals surface area contributed by atoms with Crippen molar-refractivity contribution in [1.29, 1.82) is 0 Å². The van der Waals surface area contributed by atoms with Crippen LogP contribution in [0.4, 0.5) is 0 Å². The molecule has 3 aromatic carbocycles. The fraction of sp³-hybridized carbons (Fsp3) is 0.172. The largest absolute Gasteiger partial charge is 0.493 e. The summed E-state index contributed by atoms with van der Waals surface area (Å²) in [5.41, 5.74) is 2.24. The summed E-state index contributed by atoms with van der Waals surface area (Å²) < 4.78 is 28.9. The maximum Gasteiger partial charge on any atom is 0.344 e. The molecular formula is C29H22BrNO7. The minimum atomic E-state index is -0.563. The van der Waals surface area contributed by atoms with E-state index in [1.54, 1.807) is 38.5 Å². The van der Waals surface area contributed by atoms with Crippen LogP contribution >= 0.6 is 15.9 Å². The molecule has 5 aromatic rings. The molecule has 9 heteroatoms. The fourth-order valence-electron chi connectivity index (χ4n) is 4.82. The van der Waals surface area contributed by atoms with E-state index in [-0.39, 0.29) is 5.56 Å². The van der Waals surface area contributed by atoms with E-state index in [0.717, 1.165) is 21.0 Å². The summed E-state index contributed by atoms with van der Waals surface area (Å²) in [5.74, 6) is 1.93. The first-order valence-corrected chi connectivity index (χ1v) is 12.6. The molecule has 0 N–H and O–H groups in total. The van der Waals surface area contributed by atoms with Crippen molar-refractivity contribution in [3.05, 3.63) is 97.1 Å². The number of fused-ring (bicyclic) bond motifs is 4. The van der Waals surface area contributed by atoms with Crippen molar-refractivity contribution in [2.75, 3.05) is 21.0 Å². The molecular weight excluding hydrogens is 554 g/mol. The molecule has 1 aliphatic rings. The molecule has 0 spiro atoms. The van der Waals surface area contributed by atoms with Crippen LogP contribution in [0.5, 0.6) is 17.2 Å². The molecule has 3 heterocycles. The smallest absolute Gasteiger partial charge is 0.344 e. The summed E-state index contributed by atoms with van der Waals surface area (Å²) in [7, 11) is 3.20. The zero-order valence-electron chi connectivity index (χ0n) is 20.6. The average Bonchev–Trinajstić information content (AvgIpc) is 2.92. The Bertz CT molecular complexity index is 1820. The molecule has 0 atom stereocenters. The lowest BCUT2D eigenvalue weighted by Crippen LogP contribution is -2.31. The third-order valence-corrected chi connectivity index (χ3v) is 7.09. The normalized spacial score (nSPS) is 13.3. The maximum atomic E-state index is 13.0. The van der Waals surface area contributed by atoms with Crippen LogP contribution < -0.4 is 25.5 Å². The van der Waals surface area contributed by atoms with E-state index >= 15 is 0 Å². The van der Waals surface area contributed by atoms with Crippen LogP contribution in [0.2, 0.25) is 0 Å². The van der Waals surface area contributed by atoms with E-state index in [1.807, 2.05) is 30.3 Å². The first-order valence-electron chi connectivity index (χ1n) is 11.8.